The highest BCUT2D eigenvalue weighted by molar-refractivity contribution is 5.68. The molecule has 0 saturated carbocycles. The molecule has 6 heteroatoms. The highest BCUT2D eigenvalue weighted by Crippen LogP contribution is 2.23. The van der Waals surface area contributed by atoms with Gasteiger partial charge in [0.2, 0.25) is 0 Å². The maximum atomic E-state index is 12.0. The van der Waals surface area contributed by atoms with Gasteiger partial charge >= 0.3 is 6.09 Å². The summed E-state index contributed by atoms with van der Waals surface area (Å²) in [5.74, 6) is 0.0340. The van der Waals surface area contributed by atoms with E-state index in [2.05, 4.69) is 5.10 Å². The Morgan fingerprint density at radius 2 is 2.20 bits per heavy atom. The topological polar surface area (TPSA) is 67.6 Å². The minimum absolute atomic E-state index is 0.0340. The van der Waals surface area contributed by atoms with Crippen molar-refractivity contribution in [2.24, 2.45) is 13.0 Å². The smallest absolute Gasteiger partial charge is 0.410 e. The Morgan fingerprint density at radius 1 is 1.50 bits per heavy atom. The van der Waals surface area contributed by atoms with Crippen LogP contribution in [0.15, 0.2) is 12.4 Å². The molecule has 112 valence electrons. The van der Waals surface area contributed by atoms with Crippen LogP contribution in [0.1, 0.15) is 26.3 Å². The molecular weight excluding hydrogens is 258 g/mol. The van der Waals surface area contributed by atoms with Crippen molar-refractivity contribution in [2.45, 2.75) is 38.9 Å². The number of hydrogen-bond acceptors (Lipinski definition) is 4. The van der Waals surface area contributed by atoms with Crippen molar-refractivity contribution < 1.29 is 14.6 Å². The van der Waals surface area contributed by atoms with Crippen LogP contribution in [0, 0.1) is 5.92 Å². The number of carbonyl (C=O) groups excluding carboxylic acids is 1. The Balaban J connectivity index is 1.93. The molecule has 1 aromatic heterocycles. The highest BCUT2D eigenvalue weighted by atomic mass is 16.6. The summed E-state index contributed by atoms with van der Waals surface area (Å²) < 4.78 is 7.07. The van der Waals surface area contributed by atoms with Gasteiger partial charge in [0.15, 0.2) is 0 Å². The zero-order valence-electron chi connectivity index (χ0n) is 12.5. The summed E-state index contributed by atoms with van der Waals surface area (Å²) in [7, 11) is 1.86. The van der Waals surface area contributed by atoms with Gasteiger partial charge in [0, 0.05) is 25.7 Å². The van der Waals surface area contributed by atoms with E-state index in [1.165, 1.54) is 0 Å². The molecule has 0 radical (unpaired) electrons. The molecule has 1 aliphatic rings. The fraction of sp³-hybridized carbons (Fsp3) is 0.714. The summed E-state index contributed by atoms with van der Waals surface area (Å²) in [6, 6.07) is 0. The van der Waals surface area contributed by atoms with E-state index in [1.807, 2.05) is 34.0 Å². The molecule has 1 saturated heterocycles. The van der Waals surface area contributed by atoms with Crippen molar-refractivity contribution in [3.05, 3.63) is 18.0 Å². The third-order valence-electron chi connectivity index (χ3n) is 3.31. The number of amides is 1. The first-order chi connectivity index (χ1) is 9.24. The number of ether oxygens (including phenoxy) is 1. The lowest BCUT2D eigenvalue weighted by Crippen LogP contribution is -2.35. The molecule has 2 heterocycles. The molecule has 0 unspecified atom stereocenters. The monoisotopic (exact) mass is 281 g/mol. The third-order valence-corrected chi connectivity index (χ3v) is 3.31. The van der Waals surface area contributed by atoms with E-state index in [9.17, 15) is 9.90 Å². The number of β-amino-alcohol motifs (C(OH)–C–C–N with tert-alkyl or cyclic N) is 1. The van der Waals surface area contributed by atoms with Crippen LogP contribution >= 0.6 is 0 Å². The Hall–Kier alpha value is -1.56. The highest BCUT2D eigenvalue weighted by Gasteiger charge is 2.36. The van der Waals surface area contributed by atoms with Crippen molar-refractivity contribution >= 4 is 6.09 Å². The van der Waals surface area contributed by atoms with Gasteiger partial charge in [-0.3, -0.25) is 4.68 Å². The van der Waals surface area contributed by atoms with Crippen LogP contribution < -0.4 is 0 Å². The maximum absolute atomic E-state index is 12.0. The van der Waals surface area contributed by atoms with E-state index in [0.717, 1.165) is 5.56 Å². The number of aliphatic hydroxyl groups is 1. The summed E-state index contributed by atoms with van der Waals surface area (Å²) >= 11 is 0. The Morgan fingerprint density at radius 3 is 2.75 bits per heavy atom. The maximum Gasteiger partial charge on any atom is 0.410 e. The zero-order valence-corrected chi connectivity index (χ0v) is 12.5. The lowest BCUT2D eigenvalue weighted by Gasteiger charge is -2.24. The van der Waals surface area contributed by atoms with Crippen molar-refractivity contribution in [1.29, 1.82) is 0 Å². The van der Waals surface area contributed by atoms with Crippen molar-refractivity contribution in [3.63, 3.8) is 0 Å². The summed E-state index contributed by atoms with van der Waals surface area (Å²) in [6.07, 6.45) is 3.58. The predicted octanol–water partition coefficient (Wildman–Crippen LogP) is 1.19. The molecule has 6 nitrogen and oxygen atoms in total. The first kappa shape index (κ1) is 14.8. The largest absolute Gasteiger partial charge is 0.444 e. The number of aliphatic hydroxyl groups excluding tert-OH is 1. The average Bonchev–Trinajstić information content (AvgIpc) is 2.85. The van der Waals surface area contributed by atoms with Crippen LogP contribution in [0.5, 0.6) is 0 Å². The summed E-state index contributed by atoms with van der Waals surface area (Å²) in [5.41, 5.74) is 0.561. The van der Waals surface area contributed by atoms with Crippen LogP contribution in [-0.2, 0) is 18.2 Å². The predicted molar refractivity (Wildman–Crippen MR) is 74.2 cm³/mol. The zero-order chi connectivity index (χ0) is 14.9. The molecule has 1 aromatic rings. The standard InChI is InChI=1S/C14H23N3O3/c1-14(2,3)20-13(19)17-8-11(12(18)9-17)5-10-6-15-16(4)7-10/h6-7,11-12,18H,5,8-9H2,1-4H3/t11-,12-/m1/s1. The summed E-state index contributed by atoms with van der Waals surface area (Å²) in [6.45, 7) is 6.37. The van der Waals surface area contributed by atoms with Gasteiger partial charge in [-0.05, 0) is 32.8 Å². The molecule has 20 heavy (non-hydrogen) atoms. The van der Waals surface area contributed by atoms with Crippen molar-refractivity contribution in [2.75, 3.05) is 13.1 Å². The molecule has 0 aromatic carbocycles. The van der Waals surface area contributed by atoms with Gasteiger partial charge < -0.3 is 14.7 Å². The molecule has 1 fully saturated rings. The number of hydrogen-bond donors (Lipinski definition) is 1. The fourth-order valence-corrected chi connectivity index (χ4v) is 2.41. The lowest BCUT2D eigenvalue weighted by atomic mass is 9.99. The van der Waals surface area contributed by atoms with Crippen LogP contribution in [0.2, 0.25) is 0 Å². The number of rotatable bonds is 2. The van der Waals surface area contributed by atoms with Gasteiger partial charge in [-0.25, -0.2) is 4.79 Å². The fourth-order valence-electron chi connectivity index (χ4n) is 2.41. The van der Waals surface area contributed by atoms with Crippen LogP contribution in [0.3, 0.4) is 0 Å². The van der Waals surface area contributed by atoms with Crippen molar-refractivity contribution in [3.8, 4) is 0 Å². The second-order valence-corrected chi connectivity index (χ2v) is 6.44. The van der Waals surface area contributed by atoms with E-state index in [1.54, 1.807) is 15.8 Å². The molecule has 1 amide bonds. The first-order valence-electron chi connectivity index (χ1n) is 6.88. The molecule has 0 bridgehead atoms. The molecule has 2 rings (SSSR count). The molecule has 0 aliphatic carbocycles. The second-order valence-electron chi connectivity index (χ2n) is 6.44. The van der Waals surface area contributed by atoms with E-state index in [4.69, 9.17) is 4.74 Å². The SMILES string of the molecule is Cn1cc(C[C@@H]2CN(C(=O)OC(C)(C)C)C[C@H]2O)cn1. The number of likely N-dealkylation sites (tertiary alicyclic amines) is 1. The molecule has 2 atom stereocenters. The second kappa shape index (κ2) is 5.44. The van der Waals surface area contributed by atoms with Gasteiger partial charge in [-0.2, -0.15) is 5.10 Å². The number of aromatic nitrogens is 2. The number of nitrogens with zero attached hydrogens (tertiary/aromatic N) is 3. The molecule has 1 N–H and O–H groups in total. The van der Waals surface area contributed by atoms with E-state index < -0.39 is 11.7 Å². The molecular formula is C14H23N3O3. The van der Waals surface area contributed by atoms with Crippen LogP contribution in [-0.4, -0.2) is 50.7 Å². The van der Waals surface area contributed by atoms with Gasteiger partial charge in [0.1, 0.15) is 5.60 Å². The van der Waals surface area contributed by atoms with Crippen molar-refractivity contribution in [1.82, 2.24) is 14.7 Å². The van der Waals surface area contributed by atoms with Gasteiger partial charge in [0.05, 0.1) is 18.8 Å². The van der Waals surface area contributed by atoms with Gasteiger partial charge in [-0.15, -0.1) is 0 Å². The van der Waals surface area contributed by atoms with Gasteiger partial charge in [-0.1, -0.05) is 0 Å². The Labute approximate surface area is 119 Å². The molecule has 0 spiro atoms. The first-order valence-corrected chi connectivity index (χ1v) is 6.88. The van der Waals surface area contributed by atoms with E-state index in [-0.39, 0.29) is 12.0 Å². The third kappa shape index (κ3) is 3.72. The summed E-state index contributed by atoms with van der Waals surface area (Å²) in [4.78, 5) is 13.6. The number of carbonyl (C=O) groups is 1. The summed E-state index contributed by atoms with van der Waals surface area (Å²) in [5, 5.41) is 14.2. The Bertz CT molecular complexity index is 478. The quantitative estimate of drug-likeness (QED) is 0.884. The van der Waals surface area contributed by atoms with E-state index in [0.29, 0.717) is 19.5 Å². The lowest BCUT2D eigenvalue weighted by molar-refractivity contribution is 0.0269. The normalized spacial score (nSPS) is 23.1. The van der Waals surface area contributed by atoms with Crippen LogP contribution in [0.4, 0.5) is 4.79 Å². The number of aryl methyl sites for hydroxylation is 1. The average molecular weight is 281 g/mol. The minimum Gasteiger partial charge on any atom is -0.444 e. The van der Waals surface area contributed by atoms with Crippen LogP contribution in [0.25, 0.3) is 0 Å². The van der Waals surface area contributed by atoms with E-state index >= 15 is 0 Å². The Kier molecular flexibility index (Phi) is 4.04. The van der Waals surface area contributed by atoms with Gasteiger partial charge in [0.25, 0.3) is 0 Å². The molecule has 1 aliphatic heterocycles. The minimum atomic E-state index is -0.511.